The Morgan fingerprint density at radius 2 is 1.78 bits per heavy atom. The number of nitrogens with one attached hydrogen (secondary N) is 1. The number of hydrogen-bond acceptors (Lipinski definition) is 6. The number of hydrogen-bond donors (Lipinski definition) is 1. The van der Waals surface area contributed by atoms with E-state index in [4.69, 9.17) is 4.42 Å². The van der Waals surface area contributed by atoms with Crippen molar-refractivity contribution in [2.24, 2.45) is 0 Å². The Hall–Kier alpha value is -3.55. The molecule has 138 valence electrons. The molecule has 0 unspecified atom stereocenters. The fourth-order valence-electron chi connectivity index (χ4n) is 2.32. The molecule has 0 spiro atoms. The maximum Gasteiger partial charge on any atom is 0.337 e. The molecule has 0 saturated heterocycles. The highest BCUT2D eigenvalue weighted by Crippen LogP contribution is 2.18. The number of amides is 1. The van der Waals surface area contributed by atoms with E-state index in [9.17, 15) is 14.0 Å². The number of methoxy groups -OCH3 is 1. The van der Waals surface area contributed by atoms with Gasteiger partial charge in [-0.25, -0.2) is 9.18 Å². The molecule has 0 fully saturated rings. The summed E-state index contributed by atoms with van der Waals surface area (Å²) in [4.78, 5) is 23.4. The van der Waals surface area contributed by atoms with E-state index in [0.717, 1.165) is 0 Å². The number of halogens is 1. The molecule has 0 bridgehead atoms. The summed E-state index contributed by atoms with van der Waals surface area (Å²) in [6, 6.07) is 12.0. The molecule has 0 saturated carbocycles. The van der Waals surface area contributed by atoms with E-state index in [1.165, 1.54) is 31.4 Å². The number of esters is 1. The summed E-state index contributed by atoms with van der Waals surface area (Å²) in [5.41, 5.74) is 1.56. The molecule has 7 nitrogen and oxygen atoms in total. The highest BCUT2D eigenvalue weighted by atomic mass is 19.1. The van der Waals surface area contributed by atoms with Crippen LogP contribution in [0, 0.1) is 5.82 Å². The highest BCUT2D eigenvalue weighted by molar-refractivity contribution is 5.93. The monoisotopic (exact) mass is 369 g/mol. The summed E-state index contributed by atoms with van der Waals surface area (Å²) >= 11 is 0. The third kappa shape index (κ3) is 4.75. The quantitative estimate of drug-likeness (QED) is 0.671. The molecule has 27 heavy (non-hydrogen) atoms. The molecular formula is C19H16FN3O4. The largest absolute Gasteiger partial charge is 0.465 e. The SMILES string of the molecule is COC(=O)c1ccc(NC(=O)CCc2nnc(-c3ccc(F)cc3)o2)cc1. The number of anilines is 1. The Labute approximate surface area is 154 Å². The number of aryl methyl sites for hydroxylation is 1. The first kappa shape index (κ1) is 18.2. The number of benzene rings is 2. The summed E-state index contributed by atoms with van der Waals surface area (Å²) in [5.74, 6) is -0.451. The van der Waals surface area contributed by atoms with Crippen LogP contribution in [-0.4, -0.2) is 29.2 Å². The topological polar surface area (TPSA) is 94.3 Å². The average Bonchev–Trinajstić information content (AvgIpc) is 3.16. The fraction of sp³-hybridized carbons (Fsp3) is 0.158. The minimum absolute atomic E-state index is 0.143. The Kier molecular flexibility index (Phi) is 5.55. The molecule has 3 aromatic rings. The van der Waals surface area contributed by atoms with Crippen molar-refractivity contribution in [3.05, 3.63) is 65.8 Å². The lowest BCUT2D eigenvalue weighted by molar-refractivity contribution is -0.116. The lowest BCUT2D eigenvalue weighted by Gasteiger charge is -2.05. The second kappa shape index (κ2) is 8.22. The molecule has 0 aliphatic carbocycles. The average molecular weight is 369 g/mol. The van der Waals surface area contributed by atoms with E-state index in [2.05, 4.69) is 20.3 Å². The minimum Gasteiger partial charge on any atom is -0.465 e. The number of carbonyl (C=O) groups excluding carboxylic acids is 2. The number of nitrogens with zero attached hydrogens (tertiary/aromatic N) is 2. The van der Waals surface area contributed by atoms with Crippen molar-refractivity contribution in [1.82, 2.24) is 10.2 Å². The summed E-state index contributed by atoms with van der Waals surface area (Å²) < 4.78 is 23.0. The van der Waals surface area contributed by atoms with Crippen LogP contribution in [0.5, 0.6) is 0 Å². The first-order chi connectivity index (χ1) is 13.0. The fourth-order valence-corrected chi connectivity index (χ4v) is 2.32. The Bertz CT molecular complexity index is 936. The van der Waals surface area contributed by atoms with Crippen molar-refractivity contribution in [2.45, 2.75) is 12.8 Å². The third-order valence-electron chi connectivity index (χ3n) is 3.71. The van der Waals surface area contributed by atoms with E-state index < -0.39 is 5.97 Å². The number of carbonyl (C=O) groups is 2. The van der Waals surface area contributed by atoms with Gasteiger partial charge in [0.2, 0.25) is 17.7 Å². The molecule has 1 heterocycles. The van der Waals surface area contributed by atoms with Crippen molar-refractivity contribution in [1.29, 1.82) is 0 Å². The molecule has 0 atom stereocenters. The second-order valence-corrected chi connectivity index (χ2v) is 5.62. The number of aromatic nitrogens is 2. The minimum atomic E-state index is -0.443. The van der Waals surface area contributed by atoms with Crippen LogP contribution < -0.4 is 5.32 Å². The lowest BCUT2D eigenvalue weighted by Crippen LogP contribution is -2.12. The molecule has 1 aromatic heterocycles. The van der Waals surface area contributed by atoms with Gasteiger partial charge in [-0.05, 0) is 48.5 Å². The Morgan fingerprint density at radius 3 is 2.44 bits per heavy atom. The van der Waals surface area contributed by atoms with Gasteiger partial charge < -0.3 is 14.5 Å². The standard InChI is InChI=1S/C19H16FN3O4/c1-26-19(25)13-4-8-15(9-5-13)21-16(24)10-11-17-22-23-18(27-17)12-2-6-14(20)7-3-12/h2-9H,10-11H2,1H3,(H,21,24). The van der Waals surface area contributed by atoms with Gasteiger partial charge >= 0.3 is 5.97 Å². The number of ether oxygens (including phenoxy) is 1. The van der Waals surface area contributed by atoms with Gasteiger partial charge in [0.05, 0.1) is 12.7 Å². The van der Waals surface area contributed by atoms with Gasteiger partial charge in [0, 0.05) is 24.1 Å². The zero-order valence-corrected chi connectivity index (χ0v) is 14.4. The Morgan fingerprint density at radius 1 is 1.07 bits per heavy atom. The van der Waals surface area contributed by atoms with E-state index in [1.54, 1.807) is 24.3 Å². The van der Waals surface area contributed by atoms with Crippen LogP contribution in [0.1, 0.15) is 22.7 Å². The zero-order valence-electron chi connectivity index (χ0n) is 14.4. The van der Waals surface area contributed by atoms with E-state index >= 15 is 0 Å². The maximum absolute atomic E-state index is 12.9. The van der Waals surface area contributed by atoms with Gasteiger partial charge in [0.15, 0.2) is 0 Å². The maximum atomic E-state index is 12.9. The predicted octanol–water partition coefficient (Wildman–Crippen LogP) is 3.23. The second-order valence-electron chi connectivity index (χ2n) is 5.62. The first-order valence-electron chi connectivity index (χ1n) is 8.11. The summed E-state index contributed by atoms with van der Waals surface area (Å²) in [6.45, 7) is 0. The van der Waals surface area contributed by atoms with Gasteiger partial charge in [-0.15, -0.1) is 10.2 Å². The van der Waals surface area contributed by atoms with Gasteiger partial charge in [-0.2, -0.15) is 0 Å². The zero-order chi connectivity index (χ0) is 19.2. The lowest BCUT2D eigenvalue weighted by atomic mass is 10.2. The van der Waals surface area contributed by atoms with Gasteiger partial charge in [0.25, 0.3) is 0 Å². The summed E-state index contributed by atoms with van der Waals surface area (Å²) in [5, 5.41) is 10.5. The van der Waals surface area contributed by atoms with E-state index in [-0.39, 0.29) is 30.5 Å². The van der Waals surface area contributed by atoms with Crippen molar-refractivity contribution >= 4 is 17.6 Å². The number of rotatable bonds is 6. The third-order valence-corrected chi connectivity index (χ3v) is 3.71. The van der Waals surface area contributed by atoms with Crippen LogP contribution in [-0.2, 0) is 16.0 Å². The van der Waals surface area contributed by atoms with Crippen LogP contribution in [0.3, 0.4) is 0 Å². The van der Waals surface area contributed by atoms with Gasteiger partial charge in [0.1, 0.15) is 5.82 Å². The van der Waals surface area contributed by atoms with E-state index in [1.807, 2.05) is 0 Å². The molecule has 1 amide bonds. The highest BCUT2D eigenvalue weighted by Gasteiger charge is 2.11. The summed E-state index contributed by atoms with van der Waals surface area (Å²) in [6.07, 6.45) is 0.407. The van der Waals surface area contributed by atoms with Crippen molar-refractivity contribution in [3.8, 4) is 11.5 Å². The smallest absolute Gasteiger partial charge is 0.337 e. The van der Waals surface area contributed by atoms with Crippen LogP contribution in [0.2, 0.25) is 0 Å². The van der Waals surface area contributed by atoms with Crippen LogP contribution in [0.4, 0.5) is 10.1 Å². The summed E-state index contributed by atoms with van der Waals surface area (Å²) in [7, 11) is 1.30. The van der Waals surface area contributed by atoms with Crippen molar-refractivity contribution in [2.75, 3.05) is 12.4 Å². The predicted molar refractivity (Wildman–Crippen MR) is 94.4 cm³/mol. The first-order valence-corrected chi connectivity index (χ1v) is 8.11. The molecule has 0 radical (unpaired) electrons. The molecule has 0 aliphatic rings. The van der Waals surface area contributed by atoms with Crippen LogP contribution in [0.25, 0.3) is 11.5 Å². The molecule has 1 N–H and O–H groups in total. The Balaban J connectivity index is 1.53. The van der Waals surface area contributed by atoms with Gasteiger partial charge in [-0.3, -0.25) is 4.79 Å². The normalized spacial score (nSPS) is 10.4. The van der Waals surface area contributed by atoms with Gasteiger partial charge in [-0.1, -0.05) is 0 Å². The molecule has 8 heteroatoms. The van der Waals surface area contributed by atoms with Crippen LogP contribution >= 0.6 is 0 Å². The van der Waals surface area contributed by atoms with Crippen LogP contribution in [0.15, 0.2) is 52.9 Å². The van der Waals surface area contributed by atoms with Crippen molar-refractivity contribution < 1.29 is 23.1 Å². The van der Waals surface area contributed by atoms with E-state index in [0.29, 0.717) is 22.7 Å². The molecular weight excluding hydrogens is 353 g/mol. The molecule has 0 aliphatic heterocycles. The molecule has 2 aromatic carbocycles. The molecule has 3 rings (SSSR count). The van der Waals surface area contributed by atoms with Crippen molar-refractivity contribution in [3.63, 3.8) is 0 Å².